The molecule has 146 valence electrons. The highest BCUT2D eigenvalue weighted by atomic mass is 16.5. The van der Waals surface area contributed by atoms with Crippen LogP contribution < -0.4 is 4.74 Å². The van der Waals surface area contributed by atoms with Gasteiger partial charge in [-0.05, 0) is 38.5 Å². The zero-order chi connectivity index (χ0) is 20.4. The topological polar surface area (TPSA) is 27.1 Å². The average Bonchev–Trinajstić information content (AvgIpc) is 3.05. The molecular formula is C26H26N2O. The second kappa shape index (κ2) is 7.96. The minimum absolute atomic E-state index is 0.688. The number of hydrogen-bond donors (Lipinski definition) is 0. The summed E-state index contributed by atoms with van der Waals surface area (Å²) in [6.45, 7) is 7.07. The van der Waals surface area contributed by atoms with E-state index in [0.29, 0.717) is 6.54 Å². The maximum atomic E-state index is 5.40. The molecule has 0 radical (unpaired) electrons. The van der Waals surface area contributed by atoms with Gasteiger partial charge in [-0.3, -0.25) is 4.68 Å². The van der Waals surface area contributed by atoms with Crippen molar-refractivity contribution in [3.8, 4) is 28.3 Å². The van der Waals surface area contributed by atoms with Crippen LogP contribution in [0.2, 0.25) is 0 Å². The number of hydrogen-bond acceptors (Lipinski definition) is 2. The van der Waals surface area contributed by atoms with Gasteiger partial charge in [-0.15, -0.1) is 0 Å². The molecule has 29 heavy (non-hydrogen) atoms. The molecule has 0 atom stereocenters. The van der Waals surface area contributed by atoms with E-state index in [1.807, 2.05) is 12.1 Å². The van der Waals surface area contributed by atoms with E-state index in [9.17, 15) is 0 Å². The summed E-state index contributed by atoms with van der Waals surface area (Å²) in [5, 5.41) is 5.04. The Bertz CT molecular complexity index is 1120. The number of nitrogens with zero attached hydrogens (tertiary/aromatic N) is 2. The fourth-order valence-electron chi connectivity index (χ4n) is 3.67. The first-order chi connectivity index (χ1) is 14.0. The quantitative estimate of drug-likeness (QED) is 0.411. The van der Waals surface area contributed by atoms with Crippen LogP contribution >= 0.6 is 0 Å². The van der Waals surface area contributed by atoms with Crippen LogP contribution in [0.25, 0.3) is 22.5 Å². The van der Waals surface area contributed by atoms with Crippen LogP contribution in [-0.2, 0) is 6.54 Å². The molecule has 3 heteroatoms. The highest BCUT2D eigenvalue weighted by molar-refractivity contribution is 5.74. The van der Waals surface area contributed by atoms with Crippen molar-refractivity contribution >= 4 is 0 Å². The fraction of sp³-hybridized carbons (Fsp3) is 0.192. The van der Waals surface area contributed by atoms with Gasteiger partial charge in [0.05, 0.1) is 25.0 Å². The van der Waals surface area contributed by atoms with Crippen LogP contribution in [0, 0.1) is 20.8 Å². The third kappa shape index (κ3) is 3.95. The molecule has 0 aliphatic carbocycles. The molecule has 1 aromatic heterocycles. The predicted octanol–water partition coefficient (Wildman–Crippen LogP) is 6.20. The Kier molecular flexibility index (Phi) is 5.22. The Morgan fingerprint density at radius 1 is 0.793 bits per heavy atom. The third-order valence-corrected chi connectivity index (χ3v) is 5.31. The molecule has 0 unspecified atom stereocenters. The van der Waals surface area contributed by atoms with Crippen LogP contribution in [-0.4, -0.2) is 16.9 Å². The minimum Gasteiger partial charge on any atom is -0.497 e. The van der Waals surface area contributed by atoms with Gasteiger partial charge in [-0.25, -0.2) is 0 Å². The van der Waals surface area contributed by atoms with Gasteiger partial charge in [0, 0.05) is 16.7 Å². The van der Waals surface area contributed by atoms with Crippen LogP contribution in [0.1, 0.15) is 22.3 Å². The summed E-state index contributed by atoms with van der Waals surface area (Å²) in [5.74, 6) is 0.863. The number of rotatable bonds is 5. The van der Waals surface area contributed by atoms with Crippen molar-refractivity contribution in [1.29, 1.82) is 0 Å². The van der Waals surface area contributed by atoms with Gasteiger partial charge in [0.15, 0.2) is 0 Å². The lowest BCUT2D eigenvalue weighted by Crippen LogP contribution is -2.04. The first-order valence-electron chi connectivity index (χ1n) is 9.89. The molecule has 0 N–H and O–H groups in total. The Morgan fingerprint density at radius 3 is 2.03 bits per heavy atom. The minimum atomic E-state index is 0.688. The first-order valence-corrected chi connectivity index (χ1v) is 9.89. The Morgan fingerprint density at radius 2 is 1.41 bits per heavy atom. The van der Waals surface area contributed by atoms with Crippen LogP contribution in [0.3, 0.4) is 0 Å². The number of aromatic nitrogens is 2. The van der Waals surface area contributed by atoms with Gasteiger partial charge in [0.25, 0.3) is 0 Å². The molecule has 0 bridgehead atoms. The molecule has 0 amide bonds. The van der Waals surface area contributed by atoms with E-state index in [1.165, 1.54) is 22.3 Å². The summed E-state index contributed by atoms with van der Waals surface area (Å²) >= 11 is 0. The summed E-state index contributed by atoms with van der Waals surface area (Å²) < 4.78 is 7.52. The summed E-state index contributed by atoms with van der Waals surface area (Å²) in [6.07, 6.45) is 0. The smallest absolute Gasteiger partial charge is 0.119 e. The van der Waals surface area contributed by atoms with Gasteiger partial charge < -0.3 is 4.74 Å². The van der Waals surface area contributed by atoms with Crippen molar-refractivity contribution in [1.82, 2.24) is 9.78 Å². The molecule has 4 aromatic rings. The summed E-state index contributed by atoms with van der Waals surface area (Å²) in [7, 11) is 1.70. The van der Waals surface area contributed by atoms with Gasteiger partial charge in [0.1, 0.15) is 5.75 Å². The van der Waals surface area contributed by atoms with E-state index < -0.39 is 0 Å². The lowest BCUT2D eigenvalue weighted by molar-refractivity contribution is 0.414. The predicted molar refractivity (Wildman–Crippen MR) is 119 cm³/mol. The Hall–Kier alpha value is -3.33. The third-order valence-electron chi connectivity index (χ3n) is 5.31. The van der Waals surface area contributed by atoms with E-state index in [2.05, 4.69) is 86.1 Å². The lowest BCUT2D eigenvalue weighted by Gasteiger charge is -2.10. The highest BCUT2D eigenvalue weighted by Crippen LogP contribution is 2.32. The number of ether oxygens (including phenoxy) is 1. The number of benzene rings is 3. The molecule has 0 fully saturated rings. The molecule has 0 aliphatic rings. The summed E-state index contributed by atoms with van der Waals surface area (Å²) in [5.41, 5.74) is 9.38. The molecule has 0 spiro atoms. The van der Waals surface area contributed by atoms with E-state index in [0.717, 1.165) is 28.3 Å². The monoisotopic (exact) mass is 382 g/mol. The molecule has 4 rings (SSSR count). The van der Waals surface area contributed by atoms with Crippen LogP contribution in [0.5, 0.6) is 5.75 Å². The SMILES string of the molecule is COc1cccc(Cn2nc(-c3ccc(C)cc3)c(C)c2-c2ccc(C)cc2)c1. The van der Waals surface area contributed by atoms with Crippen molar-refractivity contribution in [3.05, 3.63) is 95.1 Å². The van der Waals surface area contributed by atoms with E-state index in [1.54, 1.807) is 7.11 Å². The summed E-state index contributed by atoms with van der Waals surface area (Å²) in [6, 6.07) is 25.4. The maximum Gasteiger partial charge on any atom is 0.119 e. The zero-order valence-electron chi connectivity index (χ0n) is 17.4. The maximum absolute atomic E-state index is 5.40. The summed E-state index contributed by atoms with van der Waals surface area (Å²) in [4.78, 5) is 0. The van der Waals surface area contributed by atoms with Crippen molar-refractivity contribution in [2.24, 2.45) is 0 Å². The second-order valence-corrected chi connectivity index (χ2v) is 7.56. The molecule has 1 heterocycles. The van der Waals surface area contributed by atoms with E-state index >= 15 is 0 Å². The number of aryl methyl sites for hydroxylation is 2. The second-order valence-electron chi connectivity index (χ2n) is 7.56. The molecular weight excluding hydrogens is 356 g/mol. The largest absolute Gasteiger partial charge is 0.497 e. The fourth-order valence-corrected chi connectivity index (χ4v) is 3.67. The van der Waals surface area contributed by atoms with Crippen molar-refractivity contribution in [3.63, 3.8) is 0 Å². The van der Waals surface area contributed by atoms with Gasteiger partial charge in [-0.2, -0.15) is 5.10 Å². The Balaban J connectivity index is 1.84. The normalized spacial score (nSPS) is 10.9. The van der Waals surface area contributed by atoms with Crippen molar-refractivity contribution in [2.45, 2.75) is 27.3 Å². The highest BCUT2D eigenvalue weighted by Gasteiger charge is 2.18. The van der Waals surface area contributed by atoms with Crippen molar-refractivity contribution in [2.75, 3.05) is 7.11 Å². The average molecular weight is 383 g/mol. The van der Waals surface area contributed by atoms with Crippen molar-refractivity contribution < 1.29 is 4.74 Å². The first kappa shape index (κ1) is 19.0. The molecule has 3 nitrogen and oxygen atoms in total. The molecule has 0 aliphatic heterocycles. The Labute approximate surface area is 172 Å². The van der Waals surface area contributed by atoms with Crippen LogP contribution in [0.15, 0.2) is 72.8 Å². The van der Waals surface area contributed by atoms with E-state index in [4.69, 9.17) is 9.84 Å². The zero-order valence-corrected chi connectivity index (χ0v) is 17.4. The van der Waals surface area contributed by atoms with E-state index in [-0.39, 0.29) is 0 Å². The standard InChI is InChI=1S/C26H26N2O/c1-18-8-12-22(13-9-18)25-20(3)26(23-14-10-19(2)11-15-23)28(27-25)17-21-6-5-7-24(16-21)29-4/h5-16H,17H2,1-4H3. The van der Waals surface area contributed by atoms with Crippen LogP contribution in [0.4, 0.5) is 0 Å². The molecule has 0 saturated heterocycles. The molecule has 3 aromatic carbocycles. The van der Waals surface area contributed by atoms with Gasteiger partial charge in [-0.1, -0.05) is 71.8 Å². The molecule has 0 saturated carbocycles. The lowest BCUT2D eigenvalue weighted by atomic mass is 10.0. The van der Waals surface area contributed by atoms with Gasteiger partial charge >= 0.3 is 0 Å². The number of methoxy groups -OCH3 is 1. The van der Waals surface area contributed by atoms with Gasteiger partial charge in [0.2, 0.25) is 0 Å².